The van der Waals surface area contributed by atoms with Crippen LogP contribution in [0.2, 0.25) is 0 Å². The van der Waals surface area contributed by atoms with Crippen molar-refractivity contribution in [1.82, 2.24) is 4.90 Å². The predicted octanol–water partition coefficient (Wildman–Crippen LogP) is 5.88. The molecule has 0 radical (unpaired) electrons. The van der Waals surface area contributed by atoms with Crippen molar-refractivity contribution >= 4 is 6.09 Å². The van der Waals surface area contributed by atoms with Gasteiger partial charge in [0.15, 0.2) is 0 Å². The number of hydrogen-bond acceptors (Lipinski definition) is 2. The van der Waals surface area contributed by atoms with Crippen molar-refractivity contribution in [2.75, 3.05) is 13.1 Å². The molecule has 1 saturated carbocycles. The van der Waals surface area contributed by atoms with Gasteiger partial charge in [0.05, 0.1) is 0 Å². The van der Waals surface area contributed by atoms with Crippen LogP contribution in [0.15, 0.2) is 0 Å². The van der Waals surface area contributed by atoms with E-state index in [-0.39, 0.29) is 11.7 Å². The zero-order valence-corrected chi connectivity index (χ0v) is 16.1. The Kier molecular flexibility index (Phi) is 10.5. The maximum Gasteiger partial charge on any atom is 0.410 e. The molecule has 0 aromatic carbocycles. The molecule has 1 saturated heterocycles. The number of carbonyl (C=O) groups excluding carboxylic acids is 1. The Morgan fingerprint density at radius 3 is 2.14 bits per heavy atom. The maximum absolute atomic E-state index is 11.5. The van der Waals surface area contributed by atoms with Crippen molar-refractivity contribution in [1.29, 1.82) is 0 Å². The lowest BCUT2D eigenvalue weighted by Gasteiger charge is -2.24. The van der Waals surface area contributed by atoms with Crippen LogP contribution in [0.25, 0.3) is 0 Å². The highest BCUT2D eigenvalue weighted by Crippen LogP contribution is 2.33. The van der Waals surface area contributed by atoms with Crippen LogP contribution in [0.4, 0.5) is 4.79 Å². The minimum absolute atomic E-state index is 0.170. The smallest absolute Gasteiger partial charge is 0.410 e. The summed E-state index contributed by atoms with van der Waals surface area (Å²) in [7, 11) is 0. The fourth-order valence-corrected chi connectivity index (χ4v) is 2.33. The first-order chi connectivity index (χ1) is 10.3. The molecule has 0 aromatic heterocycles. The van der Waals surface area contributed by atoms with Gasteiger partial charge in [-0.05, 0) is 39.0 Å². The summed E-state index contributed by atoms with van der Waals surface area (Å²) in [6, 6.07) is 0. The average molecular weight is 314 g/mol. The number of unbranched alkanes of at least 4 members (excludes halogenated alkanes) is 1. The summed E-state index contributed by atoms with van der Waals surface area (Å²) in [6.07, 6.45) is 8.34. The fraction of sp³-hybridized carbons (Fsp3) is 0.947. The van der Waals surface area contributed by atoms with E-state index in [1.807, 2.05) is 34.6 Å². The van der Waals surface area contributed by atoms with Crippen molar-refractivity contribution < 1.29 is 9.53 Å². The third kappa shape index (κ3) is 10.9. The van der Waals surface area contributed by atoms with E-state index in [1.54, 1.807) is 4.90 Å². The van der Waals surface area contributed by atoms with Crippen molar-refractivity contribution in [3.63, 3.8) is 0 Å². The molecule has 2 rings (SSSR count). The van der Waals surface area contributed by atoms with Crippen molar-refractivity contribution in [2.24, 2.45) is 11.8 Å². The first-order valence-corrected chi connectivity index (χ1v) is 9.29. The molecule has 22 heavy (non-hydrogen) atoms. The van der Waals surface area contributed by atoms with Crippen LogP contribution in [-0.4, -0.2) is 29.7 Å². The molecule has 3 nitrogen and oxygen atoms in total. The predicted molar refractivity (Wildman–Crippen MR) is 95.2 cm³/mol. The summed E-state index contributed by atoms with van der Waals surface area (Å²) in [5.74, 6) is 1.77. The second-order valence-corrected chi connectivity index (χ2v) is 7.41. The van der Waals surface area contributed by atoms with Crippen LogP contribution in [0.5, 0.6) is 0 Å². The molecule has 0 spiro atoms. The summed E-state index contributed by atoms with van der Waals surface area (Å²) < 4.78 is 5.26. The summed E-state index contributed by atoms with van der Waals surface area (Å²) in [4.78, 5) is 13.3. The van der Waals surface area contributed by atoms with Crippen LogP contribution in [0.1, 0.15) is 87.0 Å². The number of hydrogen-bond donors (Lipinski definition) is 0. The molecule has 1 aliphatic heterocycles. The van der Waals surface area contributed by atoms with Gasteiger partial charge in [-0.3, -0.25) is 0 Å². The molecule has 1 aliphatic carbocycles. The van der Waals surface area contributed by atoms with Gasteiger partial charge in [0.25, 0.3) is 0 Å². The molecule has 1 amide bonds. The van der Waals surface area contributed by atoms with Crippen LogP contribution in [0, 0.1) is 11.8 Å². The highest BCUT2D eigenvalue weighted by atomic mass is 16.6. The second kappa shape index (κ2) is 10.9. The van der Waals surface area contributed by atoms with Gasteiger partial charge < -0.3 is 9.64 Å². The van der Waals surface area contributed by atoms with Gasteiger partial charge in [0, 0.05) is 13.1 Å². The summed E-state index contributed by atoms with van der Waals surface area (Å²) in [6.45, 7) is 15.8. The zero-order chi connectivity index (χ0) is 17.2. The van der Waals surface area contributed by atoms with E-state index in [1.165, 1.54) is 32.1 Å². The van der Waals surface area contributed by atoms with Gasteiger partial charge in [-0.15, -0.1) is 0 Å². The van der Waals surface area contributed by atoms with Gasteiger partial charge in [-0.2, -0.15) is 0 Å². The Hall–Kier alpha value is -0.730. The normalized spacial score (nSPS) is 20.5. The highest BCUT2D eigenvalue weighted by Gasteiger charge is 2.27. The first kappa shape index (κ1) is 21.3. The molecular weight excluding hydrogens is 274 g/mol. The van der Waals surface area contributed by atoms with E-state index >= 15 is 0 Å². The molecule has 0 bridgehead atoms. The molecule has 1 unspecified atom stereocenters. The molecule has 3 heteroatoms. The van der Waals surface area contributed by atoms with Gasteiger partial charge >= 0.3 is 6.09 Å². The molecule has 0 aromatic rings. The van der Waals surface area contributed by atoms with Crippen LogP contribution < -0.4 is 0 Å². The van der Waals surface area contributed by atoms with E-state index in [2.05, 4.69) is 13.8 Å². The molecule has 132 valence electrons. The highest BCUT2D eigenvalue weighted by molar-refractivity contribution is 5.68. The molecule has 0 N–H and O–H groups in total. The average Bonchev–Trinajstić information content (AvgIpc) is 3.17. The lowest BCUT2D eigenvalue weighted by molar-refractivity contribution is 0.0289. The summed E-state index contributed by atoms with van der Waals surface area (Å²) in [5.41, 5.74) is -0.372. The van der Waals surface area contributed by atoms with E-state index in [4.69, 9.17) is 4.74 Å². The van der Waals surface area contributed by atoms with Crippen LogP contribution in [-0.2, 0) is 4.74 Å². The zero-order valence-electron chi connectivity index (χ0n) is 16.1. The molecular formula is C19H39NO2. The van der Waals surface area contributed by atoms with Gasteiger partial charge in [-0.1, -0.05) is 59.8 Å². The monoisotopic (exact) mass is 313 g/mol. The number of nitrogens with zero attached hydrogens (tertiary/aromatic N) is 1. The van der Waals surface area contributed by atoms with Crippen LogP contribution >= 0.6 is 0 Å². The third-order valence-corrected chi connectivity index (χ3v) is 3.74. The summed E-state index contributed by atoms with van der Waals surface area (Å²) >= 11 is 0. The van der Waals surface area contributed by atoms with Crippen molar-refractivity contribution in [3.8, 4) is 0 Å². The minimum Gasteiger partial charge on any atom is -0.444 e. The maximum atomic E-state index is 11.5. The summed E-state index contributed by atoms with van der Waals surface area (Å²) in [5, 5.41) is 0. The SMILES string of the molecule is CC.CC1CCN(C(=O)OC(C)(C)C)C1.CCCCC1CC1. The Morgan fingerprint density at radius 1 is 1.18 bits per heavy atom. The number of ether oxygens (including phenoxy) is 1. The van der Waals surface area contributed by atoms with E-state index in [0.717, 1.165) is 25.4 Å². The number of amides is 1. The Morgan fingerprint density at radius 2 is 1.77 bits per heavy atom. The van der Waals surface area contributed by atoms with Crippen molar-refractivity contribution in [2.45, 2.75) is 92.6 Å². The van der Waals surface area contributed by atoms with E-state index in [9.17, 15) is 4.79 Å². The minimum atomic E-state index is -0.372. The quantitative estimate of drug-likeness (QED) is 0.651. The molecule has 2 aliphatic rings. The lowest BCUT2D eigenvalue weighted by Crippen LogP contribution is -2.35. The van der Waals surface area contributed by atoms with Gasteiger partial charge in [0.2, 0.25) is 0 Å². The number of rotatable bonds is 3. The first-order valence-electron chi connectivity index (χ1n) is 9.29. The largest absolute Gasteiger partial charge is 0.444 e. The van der Waals surface area contributed by atoms with E-state index < -0.39 is 0 Å². The Bertz CT molecular complexity index is 292. The molecule has 2 fully saturated rings. The van der Waals surface area contributed by atoms with Gasteiger partial charge in [0.1, 0.15) is 5.60 Å². The molecule has 1 atom stereocenters. The Balaban J connectivity index is 0.000000412. The Labute approximate surface area is 138 Å². The van der Waals surface area contributed by atoms with Gasteiger partial charge in [-0.25, -0.2) is 4.79 Å². The number of likely N-dealkylation sites (tertiary alicyclic amines) is 1. The molecule has 1 heterocycles. The van der Waals surface area contributed by atoms with E-state index in [0.29, 0.717) is 5.92 Å². The number of carbonyl (C=O) groups is 1. The standard InChI is InChI=1S/C10H19NO2.C7H14.C2H6/c1-8-5-6-11(7-8)9(12)13-10(2,3)4;1-2-3-4-7-5-6-7;1-2/h8H,5-7H2,1-4H3;7H,2-6H2,1H3;1-2H3. The lowest BCUT2D eigenvalue weighted by atomic mass is 10.2. The van der Waals surface area contributed by atoms with Crippen molar-refractivity contribution in [3.05, 3.63) is 0 Å². The van der Waals surface area contributed by atoms with Crippen LogP contribution in [0.3, 0.4) is 0 Å². The topological polar surface area (TPSA) is 29.5 Å². The third-order valence-electron chi connectivity index (χ3n) is 3.74. The fourth-order valence-electron chi connectivity index (χ4n) is 2.33. The second-order valence-electron chi connectivity index (χ2n) is 7.41.